The number of hydrogen-bond donors (Lipinski definition) is 1. The molecule has 0 aliphatic heterocycles. The van der Waals surface area contributed by atoms with Crippen molar-refractivity contribution in [1.29, 1.82) is 0 Å². The van der Waals surface area contributed by atoms with Gasteiger partial charge < -0.3 is 10.5 Å². The quantitative estimate of drug-likeness (QED) is 0.921. The van der Waals surface area contributed by atoms with E-state index in [1.165, 1.54) is 11.1 Å². The first-order valence-corrected chi connectivity index (χ1v) is 6.91. The Hall–Kier alpha value is -1.87. The lowest BCUT2D eigenvalue weighted by Gasteiger charge is -2.14. The Morgan fingerprint density at radius 3 is 2.55 bits per heavy atom. The molecule has 0 aliphatic rings. The molecule has 0 saturated heterocycles. The molecule has 3 nitrogen and oxygen atoms in total. The maximum atomic E-state index is 6.04. The minimum absolute atomic E-state index is 0.120. The van der Waals surface area contributed by atoms with Gasteiger partial charge in [-0.05, 0) is 62.4 Å². The maximum Gasteiger partial charge on any atom is 0.146 e. The highest BCUT2D eigenvalue weighted by Crippen LogP contribution is 2.30. The lowest BCUT2D eigenvalue weighted by atomic mass is 10.1. The van der Waals surface area contributed by atoms with Crippen LogP contribution in [-0.2, 0) is 6.42 Å². The van der Waals surface area contributed by atoms with E-state index in [0.717, 1.165) is 29.0 Å². The van der Waals surface area contributed by atoms with Crippen LogP contribution < -0.4 is 10.5 Å². The predicted molar refractivity (Wildman–Crippen MR) is 82.3 cm³/mol. The number of pyridine rings is 1. The molecule has 1 unspecified atom stereocenters. The topological polar surface area (TPSA) is 48.1 Å². The van der Waals surface area contributed by atoms with E-state index in [0.29, 0.717) is 0 Å². The number of benzene rings is 1. The van der Waals surface area contributed by atoms with Gasteiger partial charge in [-0.25, -0.2) is 0 Å². The molecule has 0 radical (unpaired) electrons. The van der Waals surface area contributed by atoms with Crippen LogP contribution in [0.25, 0.3) is 0 Å². The molecule has 2 aromatic rings. The fourth-order valence-electron chi connectivity index (χ4n) is 2.20. The number of hydrogen-bond acceptors (Lipinski definition) is 3. The molecule has 2 N–H and O–H groups in total. The van der Waals surface area contributed by atoms with E-state index in [2.05, 4.69) is 37.9 Å². The van der Waals surface area contributed by atoms with E-state index in [4.69, 9.17) is 10.5 Å². The SMILES string of the molecule is Cc1ccc(C)c(Oc2cncc(CC(C)N)c2)c1C. The summed E-state index contributed by atoms with van der Waals surface area (Å²) in [5.41, 5.74) is 10.5. The van der Waals surface area contributed by atoms with E-state index in [1.807, 2.05) is 19.2 Å². The molecule has 1 heterocycles. The third-order valence-corrected chi connectivity index (χ3v) is 3.42. The van der Waals surface area contributed by atoms with Crippen molar-refractivity contribution in [2.75, 3.05) is 0 Å². The lowest BCUT2D eigenvalue weighted by molar-refractivity contribution is 0.471. The highest BCUT2D eigenvalue weighted by molar-refractivity contribution is 5.46. The van der Waals surface area contributed by atoms with Crippen LogP contribution in [-0.4, -0.2) is 11.0 Å². The zero-order valence-electron chi connectivity index (χ0n) is 12.6. The van der Waals surface area contributed by atoms with Gasteiger partial charge in [0.2, 0.25) is 0 Å². The first-order chi connectivity index (χ1) is 9.47. The van der Waals surface area contributed by atoms with E-state index in [1.54, 1.807) is 6.20 Å². The zero-order chi connectivity index (χ0) is 14.7. The van der Waals surface area contributed by atoms with Crippen molar-refractivity contribution < 1.29 is 4.74 Å². The van der Waals surface area contributed by atoms with Crippen LogP contribution in [0.15, 0.2) is 30.6 Å². The molecule has 0 spiro atoms. The second-order valence-electron chi connectivity index (χ2n) is 5.47. The molecule has 2 rings (SSSR count). The molecular formula is C17H22N2O. The number of rotatable bonds is 4. The average Bonchev–Trinajstić information content (AvgIpc) is 2.39. The van der Waals surface area contributed by atoms with Crippen LogP contribution in [0.5, 0.6) is 11.5 Å². The van der Waals surface area contributed by atoms with Gasteiger partial charge in [-0.2, -0.15) is 0 Å². The highest BCUT2D eigenvalue weighted by Gasteiger charge is 2.09. The molecular weight excluding hydrogens is 248 g/mol. The van der Waals surface area contributed by atoms with Crippen molar-refractivity contribution in [3.8, 4) is 11.5 Å². The van der Waals surface area contributed by atoms with Crippen LogP contribution in [0.4, 0.5) is 0 Å². The van der Waals surface area contributed by atoms with Gasteiger partial charge in [0.25, 0.3) is 0 Å². The van der Waals surface area contributed by atoms with Gasteiger partial charge in [0.05, 0.1) is 6.20 Å². The van der Waals surface area contributed by atoms with Crippen LogP contribution >= 0.6 is 0 Å². The summed E-state index contributed by atoms with van der Waals surface area (Å²) in [6.45, 7) is 8.21. The van der Waals surface area contributed by atoms with E-state index in [-0.39, 0.29) is 6.04 Å². The number of nitrogens with zero attached hydrogens (tertiary/aromatic N) is 1. The maximum absolute atomic E-state index is 6.04. The molecule has 1 atom stereocenters. The Labute approximate surface area is 120 Å². The molecule has 3 heteroatoms. The summed E-state index contributed by atoms with van der Waals surface area (Å²) in [7, 11) is 0. The minimum atomic E-state index is 0.120. The summed E-state index contributed by atoms with van der Waals surface area (Å²) < 4.78 is 6.04. The lowest BCUT2D eigenvalue weighted by Crippen LogP contribution is -2.17. The molecule has 0 saturated carbocycles. The molecule has 0 amide bonds. The first-order valence-electron chi connectivity index (χ1n) is 6.91. The van der Waals surface area contributed by atoms with Crippen molar-refractivity contribution in [3.63, 3.8) is 0 Å². The van der Waals surface area contributed by atoms with Gasteiger partial charge in [0.15, 0.2) is 0 Å². The van der Waals surface area contributed by atoms with Crippen LogP contribution in [0.2, 0.25) is 0 Å². The first kappa shape index (κ1) is 14.5. The van der Waals surface area contributed by atoms with E-state index < -0.39 is 0 Å². The standard InChI is InChI=1S/C17H22N2O/c1-11-5-6-12(2)17(14(11)4)20-16-8-15(7-13(3)18)9-19-10-16/h5-6,8-10,13H,7,18H2,1-4H3. The Morgan fingerprint density at radius 1 is 1.15 bits per heavy atom. The normalized spacial score (nSPS) is 12.2. The second kappa shape index (κ2) is 6.06. The van der Waals surface area contributed by atoms with Gasteiger partial charge in [0, 0.05) is 12.2 Å². The molecule has 0 fully saturated rings. The molecule has 106 valence electrons. The zero-order valence-corrected chi connectivity index (χ0v) is 12.6. The van der Waals surface area contributed by atoms with Gasteiger partial charge >= 0.3 is 0 Å². The Balaban J connectivity index is 2.29. The monoisotopic (exact) mass is 270 g/mol. The predicted octanol–water partition coefficient (Wildman–Crippen LogP) is 3.69. The number of ether oxygens (including phenoxy) is 1. The van der Waals surface area contributed by atoms with Crippen molar-refractivity contribution in [2.24, 2.45) is 5.73 Å². The molecule has 1 aromatic heterocycles. The number of nitrogens with two attached hydrogens (primary N) is 1. The fourth-order valence-corrected chi connectivity index (χ4v) is 2.20. The summed E-state index contributed by atoms with van der Waals surface area (Å²) in [6.07, 6.45) is 4.38. The highest BCUT2D eigenvalue weighted by atomic mass is 16.5. The summed E-state index contributed by atoms with van der Waals surface area (Å²) >= 11 is 0. The van der Waals surface area contributed by atoms with Crippen LogP contribution in [0.1, 0.15) is 29.2 Å². The van der Waals surface area contributed by atoms with Crippen molar-refractivity contribution in [1.82, 2.24) is 4.98 Å². The van der Waals surface area contributed by atoms with Gasteiger partial charge in [-0.3, -0.25) is 4.98 Å². The van der Waals surface area contributed by atoms with Crippen LogP contribution in [0, 0.1) is 20.8 Å². The number of aryl methyl sites for hydroxylation is 2. The third-order valence-electron chi connectivity index (χ3n) is 3.42. The Morgan fingerprint density at radius 2 is 1.85 bits per heavy atom. The van der Waals surface area contributed by atoms with Crippen molar-refractivity contribution in [2.45, 2.75) is 40.2 Å². The minimum Gasteiger partial charge on any atom is -0.455 e. The van der Waals surface area contributed by atoms with Gasteiger partial charge in [-0.15, -0.1) is 0 Å². The van der Waals surface area contributed by atoms with Crippen LogP contribution in [0.3, 0.4) is 0 Å². The third kappa shape index (κ3) is 3.36. The molecule has 20 heavy (non-hydrogen) atoms. The second-order valence-corrected chi connectivity index (χ2v) is 5.47. The summed E-state index contributed by atoms with van der Waals surface area (Å²) in [5, 5.41) is 0. The summed E-state index contributed by atoms with van der Waals surface area (Å²) in [6, 6.07) is 6.33. The van der Waals surface area contributed by atoms with Gasteiger partial charge in [-0.1, -0.05) is 12.1 Å². The summed E-state index contributed by atoms with van der Waals surface area (Å²) in [5.74, 6) is 1.68. The smallest absolute Gasteiger partial charge is 0.146 e. The van der Waals surface area contributed by atoms with Crippen molar-refractivity contribution in [3.05, 3.63) is 52.8 Å². The van der Waals surface area contributed by atoms with E-state index in [9.17, 15) is 0 Å². The molecule has 0 aliphatic carbocycles. The van der Waals surface area contributed by atoms with E-state index >= 15 is 0 Å². The Kier molecular flexibility index (Phi) is 4.40. The molecule has 1 aromatic carbocycles. The number of aromatic nitrogens is 1. The van der Waals surface area contributed by atoms with Gasteiger partial charge in [0.1, 0.15) is 11.5 Å². The average molecular weight is 270 g/mol. The Bertz CT molecular complexity index is 606. The fraction of sp³-hybridized carbons (Fsp3) is 0.353. The summed E-state index contributed by atoms with van der Waals surface area (Å²) in [4.78, 5) is 4.24. The molecule has 0 bridgehead atoms. The largest absolute Gasteiger partial charge is 0.455 e. The van der Waals surface area contributed by atoms with Crippen molar-refractivity contribution >= 4 is 0 Å².